The zero-order valence-corrected chi connectivity index (χ0v) is 16.4. The van der Waals surface area contributed by atoms with Gasteiger partial charge in [0, 0.05) is 23.9 Å². The maximum absolute atomic E-state index is 11.1. The lowest BCUT2D eigenvalue weighted by Crippen LogP contribution is -2.20. The molecule has 1 amide bonds. The van der Waals surface area contributed by atoms with Crippen LogP contribution < -0.4 is 15.8 Å². The maximum Gasteiger partial charge on any atom is 0.217 e. The van der Waals surface area contributed by atoms with Gasteiger partial charge >= 0.3 is 0 Å². The number of hydrogen-bond acceptors (Lipinski definition) is 7. The molecule has 1 aliphatic heterocycles. The van der Waals surface area contributed by atoms with Crippen LogP contribution in [0.2, 0.25) is 0 Å². The van der Waals surface area contributed by atoms with Crippen molar-refractivity contribution in [3.63, 3.8) is 0 Å². The number of aromatic nitrogens is 2. The van der Waals surface area contributed by atoms with Gasteiger partial charge in [0.15, 0.2) is 0 Å². The number of ether oxygens (including phenoxy) is 2. The number of nitrogens with two attached hydrogens (primary N) is 1. The number of fused-ring (bicyclic) bond motifs is 1. The zero-order chi connectivity index (χ0) is 19.5. The molecule has 1 aliphatic rings. The van der Waals surface area contributed by atoms with Gasteiger partial charge in [-0.2, -0.15) is 0 Å². The first-order valence-corrected chi connectivity index (χ1v) is 10.0. The van der Waals surface area contributed by atoms with Gasteiger partial charge in [0.25, 0.3) is 0 Å². The summed E-state index contributed by atoms with van der Waals surface area (Å²) >= 11 is 1.59. The molecule has 4 rings (SSSR count). The van der Waals surface area contributed by atoms with Crippen molar-refractivity contribution in [3.05, 3.63) is 36.0 Å². The Morgan fingerprint density at radius 3 is 2.93 bits per heavy atom. The number of hydrogen-bond donors (Lipinski definition) is 2. The zero-order valence-electron chi connectivity index (χ0n) is 15.6. The molecule has 2 atom stereocenters. The number of nitrogens with one attached hydrogen (secondary N) is 1. The number of carbonyl (C=O) groups excluding carboxylic acids is 1. The van der Waals surface area contributed by atoms with Crippen LogP contribution in [0.3, 0.4) is 0 Å². The highest BCUT2D eigenvalue weighted by Crippen LogP contribution is 2.37. The van der Waals surface area contributed by atoms with Crippen LogP contribution in [0.1, 0.15) is 12.8 Å². The van der Waals surface area contributed by atoms with E-state index in [0.717, 1.165) is 39.3 Å². The standard InChI is InChI=1S/C20H22N4O3S/c1-26-14-4-2-13(3-5-14)16-10-28-20-18(16)19(23-11-24-20)22-8-15-6-12(9-27-15)7-17(21)25/h2-5,10-12,15H,6-9H2,1H3,(H2,21,25)(H,22,23,24). The minimum absolute atomic E-state index is 0.0393. The van der Waals surface area contributed by atoms with Crippen LogP contribution in [0.25, 0.3) is 21.3 Å². The predicted octanol–water partition coefficient (Wildman–Crippen LogP) is 3.06. The molecular weight excluding hydrogens is 376 g/mol. The fraction of sp³-hybridized carbons (Fsp3) is 0.350. The van der Waals surface area contributed by atoms with E-state index in [9.17, 15) is 4.79 Å². The average molecular weight is 398 g/mol. The van der Waals surface area contributed by atoms with Gasteiger partial charge in [-0.05, 0) is 30.0 Å². The van der Waals surface area contributed by atoms with Crippen LogP contribution in [0.5, 0.6) is 5.75 Å². The van der Waals surface area contributed by atoms with Crippen LogP contribution in [0.4, 0.5) is 5.82 Å². The van der Waals surface area contributed by atoms with E-state index in [1.807, 2.05) is 24.3 Å². The Hall–Kier alpha value is -2.71. The minimum atomic E-state index is -0.276. The third kappa shape index (κ3) is 3.93. The van der Waals surface area contributed by atoms with E-state index >= 15 is 0 Å². The van der Waals surface area contributed by atoms with Gasteiger partial charge in [0.2, 0.25) is 5.91 Å². The Labute approximate surface area is 166 Å². The molecule has 0 radical (unpaired) electrons. The van der Waals surface area contributed by atoms with Crippen LogP contribution >= 0.6 is 11.3 Å². The van der Waals surface area contributed by atoms with Crippen molar-refractivity contribution in [1.82, 2.24) is 9.97 Å². The topological polar surface area (TPSA) is 99.4 Å². The number of amides is 1. The van der Waals surface area contributed by atoms with Crippen LogP contribution in [-0.2, 0) is 9.53 Å². The van der Waals surface area contributed by atoms with Crippen molar-refractivity contribution < 1.29 is 14.3 Å². The quantitative estimate of drug-likeness (QED) is 0.635. The average Bonchev–Trinajstić information content (AvgIpc) is 3.33. The molecule has 3 N–H and O–H groups in total. The van der Waals surface area contributed by atoms with Gasteiger partial charge in [0.05, 0.1) is 25.2 Å². The number of carbonyl (C=O) groups is 1. The highest BCUT2D eigenvalue weighted by Gasteiger charge is 2.27. The Kier molecular flexibility index (Phi) is 5.40. The van der Waals surface area contributed by atoms with Crippen molar-refractivity contribution in [2.24, 2.45) is 11.7 Å². The van der Waals surface area contributed by atoms with Crippen LogP contribution in [0, 0.1) is 5.92 Å². The van der Waals surface area contributed by atoms with Crippen LogP contribution in [-0.4, -0.2) is 42.2 Å². The number of rotatable bonds is 7. The second kappa shape index (κ2) is 8.12. The van der Waals surface area contributed by atoms with E-state index in [4.69, 9.17) is 15.2 Å². The second-order valence-corrected chi connectivity index (χ2v) is 7.75. The van der Waals surface area contributed by atoms with Gasteiger partial charge in [-0.3, -0.25) is 4.79 Å². The molecule has 3 heterocycles. The van der Waals surface area contributed by atoms with Gasteiger partial charge in [0.1, 0.15) is 22.7 Å². The van der Waals surface area contributed by atoms with Crippen molar-refractivity contribution in [2.75, 3.05) is 25.6 Å². The van der Waals surface area contributed by atoms with Crippen molar-refractivity contribution in [3.8, 4) is 16.9 Å². The predicted molar refractivity (Wildman–Crippen MR) is 110 cm³/mol. The summed E-state index contributed by atoms with van der Waals surface area (Å²) in [6, 6.07) is 7.96. The third-order valence-corrected chi connectivity index (χ3v) is 5.81. The molecule has 0 saturated carbocycles. The number of primary amides is 1. The first-order chi connectivity index (χ1) is 13.6. The van der Waals surface area contributed by atoms with E-state index in [0.29, 0.717) is 19.6 Å². The molecule has 2 aromatic heterocycles. The molecule has 3 aromatic rings. The molecule has 1 saturated heterocycles. The Morgan fingerprint density at radius 1 is 1.36 bits per heavy atom. The summed E-state index contributed by atoms with van der Waals surface area (Å²) in [7, 11) is 1.66. The second-order valence-electron chi connectivity index (χ2n) is 6.89. The van der Waals surface area contributed by atoms with Crippen molar-refractivity contribution in [1.29, 1.82) is 0 Å². The molecular formula is C20H22N4O3S. The fourth-order valence-electron chi connectivity index (χ4n) is 3.55. The van der Waals surface area contributed by atoms with Gasteiger partial charge in [-0.15, -0.1) is 11.3 Å². The van der Waals surface area contributed by atoms with E-state index < -0.39 is 0 Å². The molecule has 0 spiro atoms. The number of methoxy groups -OCH3 is 1. The molecule has 7 nitrogen and oxygen atoms in total. The molecule has 0 aliphatic carbocycles. The number of anilines is 1. The number of nitrogens with zero attached hydrogens (tertiary/aromatic N) is 2. The largest absolute Gasteiger partial charge is 0.497 e. The van der Waals surface area contributed by atoms with E-state index in [2.05, 4.69) is 20.7 Å². The molecule has 1 aromatic carbocycles. The first-order valence-electron chi connectivity index (χ1n) is 9.14. The molecule has 146 valence electrons. The summed E-state index contributed by atoms with van der Waals surface area (Å²) in [5.74, 6) is 1.54. The van der Waals surface area contributed by atoms with Crippen molar-refractivity contribution in [2.45, 2.75) is 18.9 Å². The van der Waals surface area contributed by atoms with Gasteiger partial charge < -0.3 is 20.5 Å². The molecule has 2 unspecified atom stereocenters. The van der Waals surface area contributed by atoms with E-state index in [1.165, 1.54) is 0 Å². The lowest BCUT2D eigenvalue weighted by molar-refractivity contribution is -0.118. The lowest BCUT2D eigenvalue weighted by atomic mass is 10.0. The smallest absolute Gasteiger partial charge is 0.217 e. The normalized spacial score (nSPS) is 19.0. The van der Waals surface area contributed by atoms with Gasteiger partial charge in [-0.1, -0.05) is 12.1 Å². The molecule has 28 heavy (non-hydrogen) atoms. The van der Waals surface area contributed by atoms with E-state index in [-0.39, 0.29) is 17.9 Å². The number of benzene rings is 1. The van der Waals surface area contributed by atoms with Gasteiger partial charge in [-0.25, -0.2) is 9.97 Å². The monoisotopic (exact) mass is 398 g/mol. The summed E-state index contributed by atoms with van der Waals surface area (Å²) < 4.78 is 11.0. The first kappa shape index (κ1) is 18.6. The summed E-state index contributed by atoms with van der Waals surface area (Å²) in [6.07, 6.45) is 2.81. The maximum atomic E-state index is 11.1. The lowest BCUT2D eigenvalue weighted by Gasteiger charge is -2.13. The van der Waals surface area contributed by atoms with Crippen LogP contribution in [0.15, 0.2) is 36.0 Å². The molecule has 0 bridgehead atoms. The van der Waals surface area contributed by atoms with Crippen molar-refractivity contribution >= 4 is 33.3 Å². The summed E-state index contributed by atoms with van der Waals surface area (Å²) in [4.78, 5) is 20.9. The molecule has 8 heteroatoms. The highest BCUT2D eigenvalue weighted by molar-refractivity contribution is 7.17. The number of thiophene rings is 1. The highest BCUT2D eigenvalue weighted by atomic mass is 32.1. The van der Waals surface area contributed by atoms with E-state index in [1.54, 1.807) is 24.8 Å². The summed E-state index contributed by atoms with van der Waals surface area (Å²) in [5, 5.41) is 6.51. The Bertz CT molecular complexity index is 973. The summed E-state index contributed by atoms with van der Waals surface area (Å²) in [6.45, 7) is 1.20. The summed E-state index contributed by atoms with van der Waals surface area (Å²) in [5.41, 5.74) is 7.46. The minimum Gasteiger partial charge on any atom is -0.497 e. The fourth-order valence-corrected chi connectivity index (χ4v) is 4.47. The Morgan fingerprint density at radius 2 is 2.18 bits per heavy atom. The SMILES string of the molecule is COc1ccc(-c2csc3ncnc(NCC4CC(CC(N)=O)CO4)c23)cc1. The Balaban J connectivity index is 1.53. The molecule has 1 fully saturated rings. The third-order valence-electron chi connectivity index (χ3n) is 4.92.